The van der Waals surface area contributed by atoms with E-state index in [1.165, 1.54) is 0 Å². The number of imidazole rings is 1. The van der Waals surface area contributed by atoms with Gasteiger partial charge in [-0.1, -0.05) is 18.2 Å². The highest BCUT2D eigenvalue weighted by atomic mass is 16.4. The maximum Gasteiger partial charge on any atom is 0.295 e. The molecule has 0 saturated heterocycles. The van der Waals surface area contributed by atoms with Crippen LogP contribution in [0.25, 0.3) is 16.9 Å². The van der Waals surface area contributed by atoms with Gasteiger partial charge in [-0.05, 0) is 23.8 Å². The van der Waals surface area contributed by atoms with Gasteiger partial charge in [-0.25, -0.2) is 9.97 Å². The molecule has 0 aliphatic carbocycles. The van der Waals surface area contributed by atoms with Crippen molar-refractivity contribution in [3.63, 3.8) is 0 Å². The van der Waals surface area contributed by atoms with E-state index >= 15 is 0 Å². The van der Waals surface area contributed by atoms with Crippen molar-refractivity contribution < 1.29 is 4.42 Å². The molecule has 0 saturated carbocycles. The molecule has 0 radical (unpaired) electrons. The Morgan fingerprint density at radius 2 is 2.09 bits per heavy atom. The number of nitrogens with zero attached hydrogens (tertiary/aromatic N) is 4. The van der Waals surface area contributed by atoms with Gasteiger partial charge < -0.3 is 9.73 Å². The van der Waals surface area contributed by atoms with Crippen molar-refractivity contribution in [1.29, 1.82) is 0 Å². The fourth-order valence-electron chi connectivity index (χ4n) is 2.19. The lowest BCUT2D eigenvalue weighted by Crippen LogP contribution is -2.01. The number of pyridine rings is 1. The molecule has 0 aliphatic rings. The van der Waals surface area contributed by atoms with E-state index in [1.54, 1.807) is 12.5 Å². The minimum atomic E-state index is 0.514. The monoisotopic (exact) mass is 291 g/mol. The highest BCUT2D eigenvalue weighted by molar-refractivity contribution is 5.74. The topological polar surface area (TPSA) is 68.8 Å². The van der Waals surface area contributed by atoms with Gasteiger partial charge in [-0.2, -0.15) is 4.98 Å². The van der Waals surface area contributed by atoms with Gasteiger partial charge in [0.1, 0.15) is 17.7 Å². The number of hydrogen-bond acceptors (Lipinski definition) is 5. The molecule has 0 unspecified atom stereocenters. The highest BCUT2D eigenvalue weighted by Crippen LogP contribution is 2.18. The third kappa shape index (κ3) is 2.42. The first-order valence-corrected chi connectivity index (χ1v) is 6.91. The summed E-state index contributed by atoms with van der Waals surface area (Å²) >= 11 is 0. The molecule has 0 bridgehead atoms. The second-order valence-corrected chi connectivity index (χ2v) is 4.83. The van der Waals surface area contributed by atoms with Crippen LogP contribution < -0.4 is 5.32 Å². The zero-order valence-electron chi connectivity index (χ0n) is 11.7. The molecule has 6 heteroatoms. The van der Waals surface area contributed by atoms with Crippen LogP contribution in [0.1, 0.15) is 5.56 Å². The zero-order chi connectivity index (χ0) is 14.8. The van der Waals surface area contributed by atoms with Gasteiger partial charge in [0, 0.05) is 25.1 Å². The molecule has 0 amide bonds. The van der Waals surface area contributed by atoms with Gasteiger partial charge in [0.05, 0.1) is 0 Å². The van der Waals surface area contributed by atoms with Gasteiger partial charge in [0.25, 0.3) is 6.01 Å². The smallest absolute Gasteiger partial charge is 0.295 e. The van der Waals surface area contributed by atoms with Gasteiger partial charge in [0.2, 0.25) is 0 Å². The van der Waals surface area contributed by atoms with Gasteiger partial charge in [0.15, 0.2) is 5.58 Å². The second-order valence-electron chi connectivity index (χ2n) is 4.83. The van der Waals surface area contributed by atoms with E-state index < -0.39 is 0 Å². The lowest BCUT2D eigenvalue weighted by molar-refractivity contribution is 0.614. The molecule has 0 atom stereocenters. The number of aromatic nitrogens is 4. The molecule has 3 aromatic heterocycles. The van der Waals surface area contributed by atoms with E-state index in [2.05, 4.69) is 20.3 Å². The van der Waals surface area contributed by atoms with E-state index in [1.807, 2.05) is 53.4 Å². The average molecular weight is 291 g/mol. The number of rotatable bonds is 4. The van der Waals surface area contributed by atoms with Gasteiger partial charge in [-0.15, -0.1) is 0 Å². The molecule has 4 rings (SSSR count). The molecule has 1 N–H and O–H groups in total. The van der Waals surface area contributed by atoms with Crippen LogP contribution in [0.5, 0.6) is 0 Å². The number of anilines is 1. The predicted octanol–water partition coefficient (Wildman–Crippen LogP) is 3.02. The van der Waals surface area contributed by atoms with Crippen molar-refractivity contribution in [2.75, 3.05) is 5.32 Å². The molecule has 0 aliphatic heterocycles. The van der Waals surface area contributed by atoms with E-state index in [4.69, 9.17) is 4.42 Å². The van der Waals surface area contributed by atoms with E-state index in [0.717, 1.165) is 22.5 Å². The maximum atomic E-state index is 5.62. The Morgan fingerprint density at radius 1 is 1.14 bits per heavy atom. The van der Waals surface area contributed by atoms with Gasteiger partial charge in [-0.3, -0.25) is 4.57 Å². The lowest BCUT2D eigenvalue weighted by Gasteiger charge is -2.04. The first kappa shape index (κ1) is 12.6. The number of hydrogen-bond donors (Lipinski definition) is 1. The van der Waals surface area contributed by atoms with Crippen LogP contribution in [0.4, 0.5) is 6.01 Å². The summed E-state index contributed by atoms with van der Waals surface area (Å²) in [5, 5.41) is 3.17. The number of fused-ring (bicyclic) bond motifs is 1. The Morgan fingerprint density at radius 3 is 2.86 bits per heavy atom. The Labute approximate surface area is 126 Å². The Balaban J connectivity index is 1.47. The van der Waals surface area contributed by atoms with Crippen molar-refractivity contribution in [2.24, 2.45) is 0 Å². The van der Waals surface area contributed by atoms with Crippen LogP contribution in [0.2, 0.25) is 0 Å². The Bertz CT molecular complexity index is 847. The van der Waals surface area contributed by atoms with Crippen LogP contribution in [-0.2, 0) is 6.54 Å². The largest absolute Gasteiger partial charge is 0.424 e. The third-order valence-electron chi connectivity index (χ3n) is 3.32. The van der Waals surface area contributed by atoms with Crippen LogP contribution in [-0.4, -0.2) is 19.5 Å². The first-order valence-electron chi connectivity index (χ1n) is 6.91. The molecular formula is C16H13N5O. The van der Waals surface area contributed by atoms with Crippen LogP contribution in [0.3, 0.4) is 0 Å². The summed E-state index contributed by atoms with van der Waals surface area (Å²) in [5.74, 6) is 0.836. The predicted molar refractivity (Wildman–Crippen MR) is 82.7 cm³/mol. The van der Waals surface area contributed by atoms with Crippen LogP contribution >= 0.6 is 0 Å². The molecule has 22 heavy (non-hydrogen) atoms. The number of benzene rings is 1. The molecule has 6 nitrogen and oxygen atoms in total. The Hall–Kier alpha value is -3.15. The summed E-state index contributed by atoms with van der Waals surface area (Å²) in [6, 6.07) is 12.2. The number of oxazole rings is 1. The molecular weight excluding hydrogens is 278 g/mol. The Kier molecular flexibility index (Phi) is 3.05. The summed E-state index contributed by atoms with van der Waals surface area (Å²) in [7, 11) is 0. The second kappa shape index (κ2) is 5.33. The highest BCUT2D eigenvalue weighted by Gasteiger charge is 2.04. The fourth-order valence-corrected chi connectivity index (χ4v) is 2.19. The molecule has 108 valence electrons. The molecule has 0 fully saturated rings. The standard InChI is InChI=1S/C16H13N5O/c1-2-4-14-13(3-1)20-16(22-14)19-10-12-5-6-15(18-9-12)21-8-7-17-11-21/h1-9,11H,10H2,(H,19,20). The molecule has 0 spiro atoms. The summed E-state index contributed by atoms with van der Waals surface area (Å²) in [5.41, 5.74) is 2.67. The van der Waals surface area contributed by atoms with E-state index in [9.17, 15) is 0 Å². The van der Waals surface area contributed by atoms with Crippen molar-refractivity contribution in [1.82, 2.24) is 19.5 Å². The average Bonchev–Trinajstić information content (AvgIpc) is 3.22. The fraction of sp³-hybridized carbons (Fsp3) is 0.0625. The quantitative estimate of drug-likeness (QED) is 0.626. The third-order valence-corrected chi connectivity index (χ3v) is 3.32. The van der Waals surface area contributed by atoms with Crippen LogP contribution in [0.15, 0.2) is 65.7 Å². The molecule has 1 aromatic carbocycles. The minimum absolute atomic E-state index is 0.514. The van der Waals surface area contributed by atoms with Crippen molar-refractivity contribution in [2.45, 2.75) is 6.54 Å². The minimum Gasteiger partial charge on any atom is -0.424 e. The zero-order valence-corrected chi connectivity index (χ0v) is 11.7. The maximum absolute atomic E-state index is 5.62. The van der Waals surface area contributed by atoms with Crippen molar-refractivity contribution in [3.8, 4) is 5.82 Å². The summed E-state index contributed by atoms with van der Waals surface area (Å²) < 4.78 is 7.48. The summed E-state index contributed by atoms with van der Waals surface area (Å²) in [6.07, 6.45) is 7.13. The number of nitrogens with one attached hydrogen (secondary N) is 1. The van der Waals surface area contributed by atoms with E-state index in [0.29, 0.717) is 12.6 Å². The normalized spacial score (nSPS) is 10.9. The van der Waals surface area contributed by atoms with Crippen molar-refractivity contribution in [3.05, 3.63) is 66.9 Å². The van der Waals surface area contributed by atoms with Gasteiger partial charge >= 0.3 is 0 Å². The van der Waals surface area contributed by atoms with E-state index in [-0.39, 0.29) is 0 Å². The molecule has 4 aromatic rings. The summed E-state index contributed by atoms with van der Waals surface area (Å²) in [6.45, 7) is 0.601. The summed E-state index contributed by atoms with van der Waals surface area (Å²) in [4.78, 5) is 12.8. The van der Waals surface area contributed by atoms with Crippen LogP contribution in [0, 0.1) is 0 Å². The SMILES string of the molecule is c1ccc2oc(NCc3ccc(-n4ccnc4)nc3)nc2c1. The first-order chi connectivity index (χ1) is 10.9. The lowest BCUT2D eigenvalue weighted by atomic mass is 10.3. The molecule has 3 heterocycles. The number of para-hydroxylation sites is 2. The van der Waals surface area contributed by atoms with Crippen molar-refractivity contribution >= 4 is 17.1 Å².